The van der Waals surface area contributed by atoms with Gasteiger partial charge in [-0.2, -0.15) is 18.3 Å². The van der Waals surface area contributed by atoms with E-state index in [-0.39, 0.29) is 16.9 Å². The number of aromatic carboxylic acids is 1. The smallest absolute Gasteiger partial charge is 0.435 e. The SMILES string of the molecule is Nc1cc(-n2ccc(C(F)(F)F)n2)ccc1C(=O)O. The van der Waals surface area contributed by atoms with Crippen LogP contribution in [0.2, 0.25) is 0 Å². The van der Waals surface area contributed by atoms with E-state index in [1.807, 2.05) is 0 Å². The first-order valence-electron chi connectivity index (χ1n) is 5.05. The van der Waals surface area contributed by atoms with Crippen LogP contribution in [-0.4, -0.2) is 20.9 Å². The Morgan fingerprint density at radius 1 is 1.32 bits per heavy atom. The van der Waals surface area contributed by atoms with Crippen LogP contribution in [0.3, 0.4) is 0 Å². The van der Waals surface area contributed by atoms with Crippen molar-refractivity contribution in [1.82, 2.24) is 9.78 Å². The molecule has 3 N–H and O–H groups in total. The van der Waals surface area contributed by atoms with Gasteiger partial charge in [-0.25, -0.2) is 9.48 Å². The predicted octanol–water partition coefficient (Wildman–Crippen LogP) is 2.17. The Morgan fingerprint density at radius 3 is 2.47 bits per heavy atom. The van der Waals surface area contributed by atoms with Crippen molar-refractivity contribution in [1.29, 1.82) is 0 Å². The first kappa shape index (κ1) is 12.9. The minimum Gasteiger partial charge on any atom is -0.478 e. The van der Waals surface area contributed by atoms with Crippen LogP contribution < -0.4 is 5.73 Å². The van der Waals surface area contributed by atoms with Gasteiger partial charge < -0.3 is 10.8 Å². The molecule has 0 aliphatic rings. The molecule has 1 aromatic carbocycles. The van der Waals surface area contributed by atoms with E-state index in [4.69, 9.17) is 10.8 Å². The zero-order valence-electron chi connectivity index (χ0n) is 9.35. The van der Waals surface area contributed by atoms with Crippen molar-refractivity contribution < 1.29 is 23.1 Å². The number of nitrogens with zero attached hydrogens (tertiary/aromatic N) is 2. The van der Waals surface area contributed by atoms with Gasteiger partial charge >= 0.3 is 12.1 Å². The number of nitrogen functional groups attached to an aromatic ring is 1. The van der Waals surface area contributed by atoms with E-state index in [9.17, 15) is 18.0 Å². The molecule has 1 heterocycles. The van der Waals surface area contributed by atoms with Crippen LogP contribution in [0.5, 0.6) is 0 Å². The molecule has 2 aromatic rings. The van der Waals surface area contributed by atoms with Gasteiger partial charge in [0, 0.05) is 11.9 Å². The summed E-state index contributed by atoms with van der Waals surface area (Å²) in [6, 6.07) is 4.60. The maximum absolute atomic E-state index is 12.4. The molecular formula is C11H8F3N3O2. The van der Waals surface area contributed by atoms with Crippen molar-refractivity contribution in [2.24, 2.45) is 0 Å². The van der Waals surface area contributed by atoms with Crippen LogP contribution in [-0.2, 0) is 6.18 Å². The average Bonchev–Trinajstić information content (AvgIpc) is 2.76. The molecule has 19 heavy (non-hydrogen) atoms. The molecule has 0 fully saturated rings. The minimum absolute atomic E-state index is 0.0472. The molecule has 0 unspecified atom stereocenters. The fourth-order valence-corrected chi connectivity index (χ4v) is 1.51. The van der Waals surface area contributed by atoms with Gasteiger partial charge in [0.1, 0.15) is 0 Å². The summed E-state index contributed by atoms with van der Waals surface area (Å²) < 4.78 is 38.1. The van der Waals surface area contributed by atoms with Crippen molar-refractivity contribution in [3.05, 3.63) is 41.7 Å². The summed E-state index contributed by atoms with van der Waals surface area (Å²) in [4.78, 5) is 10.8. The molecule has 1 aromatic heterocycles. The van der Waals surface area contributed by atoms with Gasteiger partial charge in [-0.3, -0.25) is 0 Å². The third-order valence-electron chi connectivity index (χ3n) is 2.41. The maximum Gasteiger partial charge on any atom is 0.435 e. The van der Waals surface area contributed by atoms with Crippen LogP contribution in [0.4, 0.5) is 18.9 Å². The molecule has 0 bridgehead atoms. The number of nitrogens with two attached hydrogens (primary N) is 1. The third kappa shape index (κ3) is 2.51. The Bertz CT molecular complexity index is 634. The summed E-state index contributed by atoms with van der Waals surface area (Å²) in [5.41, 5.74) is 4.56. The fourth-order valence-electron chi connectivity index (χ4n) is 1.51. The van der Waals surface area contributed by atoms with Gasteiger partial charge in [0.05, 0.1) is 11.3 Å². The first-order valence-corrected chi connectivity index (χ1v) is 5.05. The van der Waals surface area contributed by atoms with Gasteiger partial charge in [0.2, 0.25) is 0 Å². The number of halogens is 3. The molecule has 0 saturated carbocycles. The van der Waals surface area contributed by atoms with Crippen LogP contribution in [0.1, 0.15) is 16.1 Å². The number of hydrogen-bond donors (Lipinski definition) is 2. The van der Waals surface area contributed by atoms with Gasteiger partial charge in [-0.15, -0.1) is 0 Å². The highest BCUT2D eigenvalue weighted by atomic mass is 19.4. The zero-order chi connectivity index (χ0) is 14.2. The quantitative estimate of drug-likeness (QED) is 0.820. The molecule has 0 amide bonds. The van der Waals surface area contributed by atoms with E-state index in [0.717, 1.165) is 16.9 Å². The number of aromatic nitrogens is 2. The van der Waals surface area contributed by atoms with Gasteiger partial charge in [-0.1, -0.05) is 0 Å². The standard InChI is InChI=1S/C11H8F3N3O2/c12-11(13,14)9-3-4-17(16-9)6-1-2-7(10(18)19)8(15)5-6/h1-5H,15H2,(H,18,19). The second-order valence-corrected chi connectivity index (χ2v) is 3.72. The number of anilines is 1. The summed E-state index contributed by atoms with van der Waals surface area (Å²) in [6.07, 6.45) is -3.41. The number of carboxylic acid groups (broad SMARTS) is 1. The normalized spacial score (nSPS) is 11.5. The van der Waals surface area contributed by atoms with E-state index < -0.39 is 17.8 Å². The summed E-state index contributed by atoms with van der Waals surface area (Å²) in [7, 11) is 0. The van der Waals surface area contributed by atoms with Gasteiger partial charge in [0.25, 0.3) is 0 Å². The first-order chi connectivity index (χ1) is 8.79. The van der Waals surface area contributed by atoms with E-state index in [0.29, 0.717) is 0 Å². The van der Waals surface area contributed by atoms with E-state index in [1.54, 1.807) is 0 Å². The molecule has 0 saturated heterocycles. The number of carbonyl (C=O) groups is 1. The molecule has 0 aliphatic carbocycles. The fraction of sp³-hybridized carbons (Fsp3) is 0.0909. The maximum atomic E-state index is 12.4. The molecule has 2 rings (SSSR count). The third-order valence-corrected chi connectivity index (χ3v) is 2.41. The largest absolute Gasteiger partial charge is 0.478 e. The van der Waals surface area contributed by atoms with Crippen LogP contribution in [0.25, 0.3) is 5.69 Å². The minimum atomic E-state index is -4.53. The topological polar surface area (TPSA) is 81.1 Å². The van der Waals surface area contributed by atoms with Gasteiger partial charge in [0.15, 0.2) is 5.69 Å². The van der Waals surface area contributed by atoms with E-state index >= 15 is 0 Å². The summed E-state index contributed by atoms with van der Waals surface area (Å²) in [5.74, 6) is -1.21. The predicted molar refractivity (Wildman–Crippen MR) is 59.9 cm³/mol. The lowest BCUT2D eigenvalue weighted by atomic mass is 10.1. The van der Waals surface area contributed by atoms with Crippen LogP contribution >= 0.6 is 0 Å². The lowest BCUT2D eigenvalue weighted by molar-refractivity contribution is -0.141. The summed E-state index contributed by atoms with van der Waals surface area (Å²) in [6.45, 7) is 0. The number of benzene rings is 1. The molecule has 0 atom stereocenters. The van der Waals surface area contributed by atoms with Crippen molar-refractivity contribution in [3.8, 4) is 5.69 Å². The molecule has 100 valence electrons. The molecular weight excluding hydrogens is 263 g/mol. The van der Waals surface area contributed by atoms with Crippen molar-refractivity contribution in [2.75, 3.05) is 5.73 Å². The average molecular weight is 271 g/mol. The molecule has 0 radical (unpaired) electrons. The monoisotopic (exact) mass is 271 g/mol. The number of hydrogen-bond acceptors (Lipinski definition) is 3. The van der Waals surface area contributed by atoms with E-state index in [1.165, 1.54) is 18.2 Å². The van der Waals surface area contributed by atoms with Crippen molar-refractivity contribution in [3.63, 3.8) is 0 Å². The molecule has 8 heteroatoms. The zero-order valence-corrected chi connectivity index (χ0v) is 9.35. The van der Waals surface area contributed by atoms with Gasteiger partial charge in [-0.05, 0) is 24.3 Å². The second kappa shape index (κ2) is 4.30. The van der Waals surface area contributed by atoms with E-state index in [2.05, 4.69) is 5.10 Å². The van der Waals surface area contributed by atoms with Crippen LogP contribution in [0.15, 0.2) is 30.5 Å². The lowest BCUT2D eigenvalue weighted by Crippen LogP contribution is -2.08. The second-order valence-electron chi connectivity index (χ2n) is 3.72. The Labute approximate surface area is 105 Å². The lowest BCUT2D eigenvalue weighted by Gasteiger charge is -2.06. The molecule has 0 aliphatic heterocycles. The molecule has 0 spiro atoms. The number of rotatable bonds is 2. The Morgan fingerprint density at radius 2 is 2.00 bits per heavy atom. The van der Waals surface area contributed by atoms with Crippen molar-refractivity contribution in [2.45, 2.75) is 6.18 Å². The van der Waals surface area contributed by atoms with Crippen molar-refractivity contribution >= 4 is 11.7 Å². The summed E-state index contributed by atoms with van der Waals surface area (Å²) in [5, 5.41) is 12.1. The number of alkyl halides is 3. The Kier molecular flexibility index (Phi) is 2.93. The summed E-state index contributed by atoms with van der Waals surface area (Å²) >= 11 is 0. The Hall–Kier alpha value is -2.51. The highest BCUT2D eigenvalue weighted by Crippen LogP contribution is 2.28. The Balaban J connectivity index is 2.40. The highest BCUT2D eigenvalue weighted by Gasteiger charge is 2.33. The van der Waals surface area contributed by atoms with Crippen LogP contribution in [0, 0.1) is 0 Å². The number of carboxylic acids is 1. The molecule has 5 nitrogen and oxygen atoms in total. The highest BCUT2D eigenvalue weighted by molar-refractivity contribution is 5.94.